The van der Waals surface area contributed by atoms with Crippen LogP contribution in [0.25, 0.3) is 0 Å². The molecule has 5 aromatic carbocycles. The van der Waals surface area contributed by atoms with E-state index in [4.69, 9.17) is 19.3 Å². The molecule has 2 aliphatic rings. The Morgan fingerprint density at radius 3 is 1.84 bits per heavy atom. The summed E-state index contributed by atoms with van der Waals surface area (Å²) >= 11 is 3.38. The van der Waals surface area contributed by atoms with Crippen molar-refractivity contribution in [1.82, 2.24) is 15.2 Å². The second kappa shape index (κ2) is 20.6. The molecule has 1 saturated heterocycles. The van der Waals surface area contributed by atoms with Crippen molar-refractivity contribution in [2.24, 2.45) is 4.53 Å². The second-order valence-electron chi connectivity index (χ2n) is 16.7. The number of benzene rings is 5. The van der Waals surface area contributed by atoms with E-state index in [9.17, 15) is 19.2 Å². The van der Waals surface area contributed by atoms with E-state index in [1.807, 2.05) is 152 Å². The van der Waals surface area contributed by atoms with Gasteiger partial charge in [-0.3, -0.25) is 19.3 Å². The summed E-state index contributed by atoms with van der Waals surface area (Å²) in [6, 6.07) is 47.5. The van der Waals surface area contributed by atoms with Gasteiger partial charge in [0, 0.05) is 15.6 Å². The Hall–Kier alpha value is -6.43. The van der Waals surface area contributed by atoms with Crippen molar-refractivity contribution in [3.8, 4) is 0 Å². The first-order chi connectivity index (χ1) is 32.4. The largest absolute Gasteiger partial charge is 0.459 e. The molecule has 2 unspecified atom stereocenters. The highest BCUT2D eigenvalue weighted by atomic mass is 127. The van der Waals surface area contributed by atoms with Crippen molar-refractivity contribution < 1.29 is 33.5 Å². The van der Waals surface area contributed by atoms with E-state index in [0.29, 0.717) is 15.1 Å². The lowest BCUT2D eigenvalue weighted by Gasteiger charge is -2.50. The Kier molecular flexibility index (Phi) is 14.5. The Bertz CT molecular complexity index is 2670. The summed E-state index contributed by atoms with van der Waals surface area (Å²) in [4.78, 5) is 69.6. The minimum absolute atomic E-state index is 0.0851. The summed E-state index contributed by atoms with van der Waals surface area (Å²) in [6.45, 7) is 8.76. The summed E-state index contributed by atoms with van der Waals surface area (Å²) in [6.07, 6.45) is 0.393. The van der Waals surface area contributed by atoms with E-state index in [-0.39, 0.29) is 17.1 Å². The molecule has 4 atom stereocenters. The molecule has 67 heavy (non-hydrogen) atoms. The lowest BCUT2D eigenvalue weighted by atomic mass is 9.77. The number of alkyl halides is 1. The number of hydrogen-bond donors (Lipinski definition) is 2. The fraction of sp³-hybridized carbons (Fsp3) is 0.212. The molecule has 0 radical (unpaired) electrons. The summed E-state index contributed by atoms with van der Waals surface area (Å²) in [5.41, 5.74) is 3.24. The van der Waals surface area contributed by atoms with Gasteiger partial charge in [-0.15, -0.1) is 11.3 Å². The Morgan fingerprint density at radius 1 is 0.851 bits per heavy atom. The van der Waals surface area contributed by atoms with Gasteiger partial charge < -0.3 is 24.9 Å². The zero-order valence-corrected chi connectivity index (χ0v) is 40.7. The van der Waals surface area contributed by atoms with Crippen LogP contribution in [0.15, 0.2) is 186 Å². The average molecular weight is 1050 g/mol. The van der Waals surface area contributed by atoms with Crippen LogP contribution in [0.3, 0.4) is 0 Å². The van der Waals surface area contributed by atoms with Gasteiger partial charge in [-0.1, -0.05) is 185 Å². The normalized spacial score (nSPS) is 17.5. The fourth-order valence-electron chi connectivity index (χ4n) is 8.24. The fourth-order valence-corrected chi connectivity index (χ4v) is 12.1. The minimum Gasteiger partial charge on any atom is -0.459 e. The third-order valence-electron chi connectivity index (χ3n) is 11.2. The molecule has 0 bridgehead atoms. The van der Waals surface area contributed by atoms with Gasteiger partial charge in [-0.25, -0.2) is 9.78 Å². The summed E-state index contributed by atoms with van der Waals surface area (Å²) in [5, 5.41) is 7.80. The number of ether oxygens (including phenoxy) is 2. The highest BCUT2D eigenvalue weighted by Gasteiger charge is 2.57. The van der Waals surface area contributed by atoms with E-state index < -0.39 is 69.0 Å². The van der Waals surface area contributed by atoms with Gasteiger partial charge in [0.2, 0.25) is 5.91 Å². The topological polar surface area (TPSA) is 149 Å². The molecular formula is C52H48IN5O7S2. The van der Waals surface area contributed by atoms with Crippen LogP contribution < -0.4 is 10.6 Å². The molecule has 342 valence electrons. The molecule has 12 nitrogen and oxygen atoms in total. The molecule has 1 fully saturated rings. The zero-order chi connectivity index (χ0) is 47.1. The molecule has 3 heterocycles. The van der Waals surface area contributed by atoms with Gasteiger partial charge in [0.1, 0.15) is 34.5 Å². The zero-order valence-electron chi connectivity index (χ0n) is 36.9. The lowest BCUT2D eigenvalue weighted by Crippen LogP contribution is -2.74. The summed E-state index contributed by atoms with van der Waals surface area (Å²) < 4.78 is 16.9. The first-order valence-corrected chi connectivity index (χ1v) is 25.3. The highest BCUT2D eigenvalue weighted by molar-refractivity contribution is 14.1. The number of β-lactam (4-membered cyclic amide) rings is 1. The maximum absolute atomic E-state index is 14.8. The molecule has 2 amide bonds. The maximum atomic E-state index is 14.8. The van der Waals surface area contributed by atoms with Crippen LogP contribution in [0, 0.1) is 0 Å². The predicted molar refractivity (Wildman–Crippen MR) is 269 cm³/mol. The van der Waals surface area contributed by atoms with Crippen LogP contribution >= 0.6 is 33.9 Å². The van der Waals surface area contributed by atoms with E-state index >= 15 is 0 Å². The number of halogens is 1. The third-order valence-corrected chi connectivity index (χ3v) is 14.8. The molecule has 2 aliphatic heterocycles. The number of carbonyl (C=O) groups excluding carboxylic acids is 4. The number of thiazole rings is 1. The SMILES string of the molecule is C=CON=S1CC(CI)=C(C(=O)OC(c2ccccc2)c2ccccc2)N2C(=O)[C@@H](NC(=O)C(C(=O)OC(C)(C)C)c3csc(NC(c4ccccc4)(c4ccccc4)c4ccccc4)n3)[C@@H]21. The number of carbonyl (C=O) groups is 4. The summed E-state index contributed by atoms with van der Waals surface area (Å²) in [5.74, 6) is -4.27. The van der Waals surface area contributed by atoms with Gasteiger partial charge in [0.05, 0.1) is 5.69 Å². The predicted octanol–water partition coefficient (Wildman–Crippen LogP) is 9.54. The first-order valence-electron chi connectivity index (χ1n) is 21.5. The van der Waals surface area contributed by atoms with Crippen molar-refractivity contribution in [2.75, 3.05) is 15.5 Å². The number of anilines is 1. The molecule has 1 aromatic heterocycles. The maximum Gasteiger partial charge on any atom is 0.356 e. The van der Waals surface area contributed by atoms with Gasteiger partial charge in [0.25, 0.3) is 5.91 Å². The minimum atomic E-state index is -1.58. The Labute approximate surface area is 409 Å². The number of nitrogens with zero attached hydrogens (tertiary/aromatic N) is 3. The van der Waals surface area contributed by atoms with Crippen LogP contribution in [-0.2, 0) is 49.7 Å². The van der Waals surface area contributed by atoms with Crippen LogP contribution in [0.5, 0.6) is 0 Å². The van der Waals surface area contributed by atoms with E-state index in [2.05, 4.69) is 44.3 Å². The average Bonchev–Trinajstić information content (AvgIpc) is 3.80. The van der Waals surface area contributed by atoms with Gasteiger partial charge in [0.15, 0.2) is 17.2 Å². The van der Waals surface area contributed by atoms with Crippen LogP contribution in [0.1, 0.15) is 66.3 Å². The monoisotopic (exact) mass is 1050 g/mol. The third kappa shape index (κ3) is 9.99. The number of fused-ring (bicyclic) bond motifs is 1. The Balaban J connectivity index is 1.12. The van der Waals surface area contributed by atoms with E-state index in [1.54, 1.807) is 26.2 Å². The number of esters is 2. The van der Waals surface area contributed by atoms with Gasteiger partial charge in [-0.05, 0) is 64.9 Å². The second-order valence-corrected chi connectivity index (χ2v) is 20.0. The van der Waals surface area contributed by atoms with Crippen LogP contribution in [-0.4, -0.2) is 60.8 Å². The van der Waals surface area contributed by atoms with Gasteiger partial charge in [-0.2, -0.15) is 0 Å². The standard InChI is InChI=1S/C52H48IN5O7S2/c1-5-63-57-67-33-36(31-53)43(49(62)64-44(34-21-11-6-12-22-34)35-23-13-7-14-24-35)58-46(60)42(47(58)67)55-45(59)41(48(61)65-51(2,3)4)40-32-66-50(54-40)56-52(37-25-15-8-16-26-37,38-27-17-9-18-28-38)39-29-19-10-20-30-39/h5-30,32,41-42,44,47H,1,31,33H2,2-4H3,(H,54,56)(H,55,59)/t41?,42-,47+,67?/m1/s1. The van der Waals surface area contributed by atoms with E-state index in [0.717, 1.165) is 27.8 Å². The summed E-state index contributed by atoms with van der Waals surface area (Å²) in [7, 11) is -1.09. The molecule has 8 rings (SSSR count). The van der Waals surface area contributed by atoms with E-state index in [1.165, 1.54) is 22.5 Å². The number of nitrogens with one attached hydrogen (secondary N) is 2. The Morgan fingerprint density at radius 2 is 1.36 bits per heavy atom. The molecular weight excluding hydrogens is 998 g/mol. The molecule has 0 saturated carbocycles. The smallest absolute Gasteiger partial charge is 0.356 e. The first kappa shape index (κ1) is 47.1. The van der Waals surface area contributed by atoms with Crippen molar-refractivity contribution in [1.29, 1.82) is 0 Å². The highest BCUT2D eigenvalue weighted by Crippen LogP contribution is 2.42. The van der Waals surface area contributed by atoms with Crippen molar-refractivity contribution >= 4 is 73.5 Å². The van der Waals surface area contributed by atoms with Crippen molar-refractivity contribution in [2.45, 2.75) is 55.3 Å². The van der Waals surface area contributed by atoms with Crippen molar-refractivity contribution in [3.05, 3.63) is 215 Å². The molecule has 2 N–H and O–H groups in total. The van der Waals surface area contributed by atoms with Gasteiger partial charge >= 0.3 is 11.9 Å². The van der Waals surface area contributed by atoms with Crippen LogP contribution in [0.2, 0.25) is 0 Å². The number of amides is 2. The molecule has 15 heteroatoms. The molecule has 0 aliphatic carbocycles. The number of hydrogen-bond acceptors (Lipinski definition) is 11. The molecule has 0 spiro atoms. The van der Waals surface area contributed by atoms with Crippen LogP contribution in [0.4, 0.5) is 5.13 Å². The number of aromatic nitrogens is 1. The number of rotatable bonds is 16. The molecule has 6 aromatic rings. The quantitative estimate of drug-likeness (QED) is 0.0141. The van der Waals surface area contributed by atoms with Crippen molar-refractivity contribution in [3.63, 3.8) is 0 Å². The lowest BCUT2D eigenvalue weighted by molar-refractivity contribution is -0.160.